The largest absolute Gasteiger partial charge is 0.335 e. The van der Waals surface area contributed by atoms with Gasteiger partial charge in [0, 0.05) is 32.0 Å². The normalized spacial score (nSPS) is 11.1. The SMILES string of the molecule is O=c1[nH]cnc2c(-c3cn(CCNCc4ccccc4)cn3)nccc12. The predicted molar refractivity (Wildman–Crippen MR) is 99.5 cm³/mol. The number of nitrogens with one attached hydrogen (secondary N) is 2. The van der Waals surface area contributed by atoms with E-state index in [1.54, 1.807) is 18.6 Å². The average Bonchev–Trinajstić information content (AvgIpc) is 3.15. The summed E-state index contributed by atoms with van der Waals surface area (Å²) in [5.74, 6) is 0. The molecule has 4 aromatic rings. The van der Waals surface area contributed by atoms with Crippen LogP contribution in [0.1, 0.15) is 5.56 Å². The van der Waals surface area contributed by atoms with Crippen LogP contribution in [0.5, 0.6) is 0 Å². The highest BCUT2D eigenvalue weighted by Crippen LogP contribution is 2.20. The fourth-order valence-corrected chi connectivity index (χ4v) is 2.83. The monoisotopic (exact) mass is 346 g/mol. The minimum atomic E-state index is -0.178. The van der Waals surface area contributed by atoms with E-state index in [4.69, 9.17) is 0 Å². The number of benzene rings is 1. The number of H-pyrrole nitrogens is 1. The number of aromatic nitrogens is 5. The van der Waals surface area contributed by atoms with Gasteiger partial charge in [0.2, 0.25) is 0 Å². The van der Waals surface area contributed by atoms with Crippen molar-refractivity contribution in [3.05, 3.63) is 77.4 Å². The van der Waals surface area contributed by atoms with Gasteiger partial charge < -0.3 is 14.9 Å². The van der Waals surface area contributed by atoms with Crippen LogP contribution in [-0.2, 0) is 13.1 Å². The number of aromatic amines is 1. The van der Waals surface area contributed by atoms with Crippen LogP contribution in [0.2, 0.25) is 0 Å². The van der Waals surface area contributed by atoms with E-state index in [-0.39, 0.29) is 5.56 Å². The number of hydrogen-bond acceptors (Lipinski definition) is 5. The van der Waals surface area contributed by atoms with Crippen molar-refractivity contribution >= 4 is 10.9 Å². The van der Waals surface area contributed by atoms with Gasteiger partial charge in [-0.1, -0.05) is 30.3 Å². The lowest BCUT2D eigenvalue weighted by atomic mass is 10.2. The van der Waals surface area contributed by atoms with Crippen molar-refractivity contribution in [2.75, 3.05) is 6.54 Å². The maximum Gasteiger partial charge on any atom is 0.258 e. The summed E-state index contributed by atoms with van der Waals surface area (Å²) < 4.78 is 2.00. The Bertz CT molecular complexity index is 1070. The zero-order valence-corrected chi connectivity index (χ0v) is 14.1. The summed E-state index contributed by atoms with van der Waals surface area (Å²) in [5.41, 5.74) is 2.96. The van der Waals surface area contributed by atoms with Gasteiger partial charge in [0.05, 0.1) is 18.0 Å². The van der Waals surface area contributed by atoms with Crippen molar-refractivity contribution < 1.29 is 0 Å². The molecule has 3 aromatic heterocycles. The van der Waals surface area contributed by atoms with Gasteiger partial charge in [-0.3, -0.25) is 9.78 Å². The molecule has 0 saturated heterocycles. The van der Waals surface area contributed by atoms with Crippen LogP contribution in [0.15, 0.2) is 66.2 Å². The fourth-order valence-electron chi connectivity index (χ4n) is 2.83. The van der Waals surface area contributed by atoms with E-state index in [0.717, 1.165) is 19.6 Å². The van der Waals surface area contributed by atoms with E-state index in [2.05, 4.69) is 37.4 Å². The molecule has 0 bridgehead atoms. The average molecular weight is 346 g/mol. The van der Waals surface area contributed by atoms with Gasteiger partial charge in [0.1, 0.15) is 16.9 Å². The number of imidazole rings is 1. The first kappa shape index (κ1) is 16.2. The summed E-state index contributed by atoms with van der Waals surface area (Å²) in [6.45, 7) is 2.45. The Labute approximate surface area is 149 Å². The fraction of sp³-hybridized carbons (Fsp3) is 0.158. The molecule has 0 atom stereocenters. The summed E-state index contributed by atoms with van der Waals surface area (Å²) >= 11 is 0. The quantitative estimate of drug-likeness (QED) is 0.521. The molecule has 0 saturated carbocycles. The van der Waals surface area contributed by atoms with Crippen LogP contribution in [0, 0.1) is 0 Å². The second-order valence-corrected chi connectivity index (χ2v) is 5.95. The zero-order chi connectivity index (χ0) is 17.8. The molecular formula is C19H18N6O. The van der Waals surface area contributed by atoms with E-state index in [1.807, 2.05) is 29.0 Å². The van der Waals surface area contributed by atoms with E-state index < -0.39 is 0 Å². The first-order valence-corrected chi connectivity index (χ1v) is 8.40. The molecular weight excluding hydrogens is 328 g/mol. The number of fused-ring (bicyclic) bond motifs is 1. The Morgan fingerprint density at radius 1 is 1.08 bits per heavy atom. The molecule has 7 heteroatoms. The molecule has 1 aromatic carbocycles. The third-order valence-electron chi connectivity index (χ3n) is 4.15. The lowest BCUT2D eigenvalue weighted by Crippen LogP contribution is -2.18. The molecule has 26 heavy (non-hydrogen) atoms. The highest BCUT2D eigenvalue weighted by molar-refractivity contribution is 5.89. The van der Waals surface area contributed by atoms with Gasteiger partial charge in [0.15, 0.2) is 0 Å². The summed E-state index contributed by atoms with van der Waals surface area (Å²) in [5, 5.41) is 3.92. The van der Waals surface area contributed by atoms with Crippen LogP contribution < -0.4 is 10.9 Å². The van der Waals surface area contributed by atoms with Gasteiger partial charge in [-0.15, -0.1) is 0 Å². The van der Waals surface area contributed by atoms with Crippen molar-refractivity contribution in [2.45, 2.75) is 13.1 Å². The standard InChI is InChI=1S/C19H18N6O/c26-19-15-6-7-21-18(17(15)22-12-23-19)16-11-25(13-24-16)9-8-20-10-14-4-2-1-3-5-14/h1-7,11-13,20H,8-10H2,(H,22,23,26). The maximum atomic E-state index is 11.9. The van der Waals surface area contributed by atoms with Crippen molar-refractivity contribution in [3.8, 4) is 11.4 Å². The van der Waals surface area contributed by atoms with Crippen LogP contribution in [0.25, 0.3) is 22.3 Å². The Balaban J connectivity index is 1.45. The van der Waals surface area contributed by atoms with Gasteiger partial charge in [-0.05, 0) is 11.6 Å². The van der Waals surface area contributed by atoms with Crippen LogP contribution in [0.4, 0.5) is 0 Å². The molecule has 0 spiro atoms. The number of rotatable bonds is 6. The number of hydrogen-bond donors (Lipinski definition) is 2. The summed E-state index contributed by atoms with van der Waals surface area (Å²) in [6, 6.07) is 12.0. The molecule has 0 aliphatic rings. The summed E-state index contributed by atoms with van der Waals surface area (Å²) in [6.07, 6.45) is 6.69. The number of nitrogens with zero attached hydrogens (tertiary/aromatic N) is 4. The second-order valence-electron chi connectivity index (χ2n) is 5.95. The Morgan fingerprint density at radius 3 is 2.85 bits per heavy atom. The van der Waals surface area contributed by atoms with Gasteiger partial charge in [0.25, 0.3) is 5.56 Å². The Kier molecular flexibility index (Phi) is 4.53. The first-order valence-electron chi connectivity index (χ1n) is 8.40. The minimum Gasteiger partial charge on any atom is -0.335 e. The third-order valence-corrected chi connectivity index (χ3v) is 4.15. The van der Waals surface area contributed by atoms with Crippen molar-refractivity contribution in [1.82, 2.24) is 29.8 Å². The molecule has 0 unspecified atom stereocenters. The molecule has 0 aliphatic carbocycles. The number of pyridine rings is 1. The minimum absolute atomic E-state index is 0.178. The highest BCUT2D eigenvalue weighted by Gasteiger charge is 2.11. The van der Waals surface area contributed by atoms with E-state index in [9.17, 15) is 4.79 Å². The summed E-state index contributed by atoms with van der Waals surface area (Å²) in [7, 11) is 0. The van der Waals surface area contributed by atoms with Crippen molar-refractivity contribution in [2.24, 2.45) is 0 Å². The van der Waals surface area contributed by atoms with Gasteiger partial charge in [-0.25, -0.2) is 9.97 Å². The van der Waals surface area contributed by atoms with Gasteiger partial charge in [-0.2, -0.15) is 0 Å². The maximum absolute atomic E-state index is 11.9. The molecule has 0 fully saturated rings. The van der Waals surface area contributed by atoms with Crippen LogP contribution in [-0.4, -0.2) is 31.0 Å². The zero-order valence-electron chi connectivity index (χ0n) is 14.1. The molecule has 4 rings (SSSR count). The van der Waals surface area contributed by atoms with E-state index >= 15 is 0 Å². The molecule has 2 N–H and O–H groups in total. The molecule has 0 aliphatic heterocycles. The Hall–Kier alpha value is -3.32. The van der Waals surface area contributed by atoms with E-state index in [0.29, 0.717) is 22.3 Å². The predicted octanol–water partition coefficient (Wildman–Crippen LogP) is 1.97. The lowest BCUT2D eigenvalue weighted by Gasteiger charge is -2.05. The summed E-state index contributed by atoms with van der Waals surface area (Å²) in [4.78, 5) is 27.5. The van der Waals surface area contributed by atoms with Crippen LogP contribution >= 0.6 is 0 Å². The van der Waals surface area contributed by atoms with Crippen molar-refractivity contribution in [1.29, 1.82) is 0 Å². The molecule has 130 valence electrons. The highest BCUT2D eigenvalue weighted by atomic mass is 16.1. The van der Waals surface area contributed by atoms with Crippen molar-refractivity contribution in [3.63, 3.8) is 0 Å². The third kappa shape index (κ3) is 3.38. The molecule has 0 radical (unpaired) electrons. The second kappa shape index (κ2) is 7.28. The molecule has 7 nitrogen and oxygen atoms in total. The van der Waals surface area contributed by atoms with E-state index in [1.165, 1.54) is 11.9 Å². The topological polar surface area (TPSA) is 88.5 Å². The smallest absolute Gasteiger partial charge is 0.258 e. The van der Waals surface area contributed by atoms with Crippen LogP contribution in [0.3, 0.4) is 0 Å². The first-order chi connectivity index (χ1) is 12.8. The molecule has 0 amide bonds. The molecule has 3 heterocycles. The van der Waals surface area contributed by atoms with Gasteiger partial charge >= 0.3 is 0 Å². The lowest BCUT2D eigenvalue weighted by molar-refractivity contribution is 0.597. The Morgan fingerprint density at radius 2 is 1.96 bits per heavy atom.